The lowest BCUT2D eigenvalue weighted by Crippen LogP contribution is -2.31. The molecule has 3 amide bonds. The summed E-state index contributed by atoms with van der Waals surface area (Å²) in [6, 6.07) is 13.1. The molecule has 33 heavy (non-hydrogen) atoms. The highest BCUT2D eigenvalue weighted by molar-refractivity contribution is 8.00. The third-order valence-corrected chi connectivity index (χ3v) is 6.79. The number of thiazole rings is 1. The van der Waals surface area contributed by atoms with Crippen LogP contribution >= 0.6 is 23.1 Å². The van der Waals surface area contributed by atoms with Gasteiger partial charge in [0, 0.05) is 34.0 Å². The SMILES string of the molecule is CC(C)NC(=O)CSc1ccccc1C(=O)Nc1nc(-c2ccc3c(c2)CCC(=O)N3)cs1. The summed E-state index contributed by atoms with van der Waals surface area (Å²) >= 11 is 2.68. The molecule has 0 fully saturated rings. The Balaban J connectivity index is 1.44. The van der Waals surface area contributed by atoms with Crippen LogP contribution in [0, 0.1) is 0 Å². The van der Waals surface area contributed by atoms with E-state index < -0.39 is 0 Å². The van der Waals surface area contributed by atoms with E-state index in [4.69, 9.17) is 0 Å². The summed E-state index contributed by atoms with van der Waals surface area (Å²) in [5, 5.41) is 11.0. The molecule has 0 aliphatic carbocycles. The van der Waals surface area contributed by atoms with E-state index in [1.807, 2.05) is 49.6 Å². The van der Waals surface area contributed by atoms with E-state index >= 15 is 0 Å². The molecule has 7 nitrogen and oxygen atoms in total. The van der Waals surface area contributed by atoms with Crippen LogP contribution in [0.15, 0.2) is 52.7 Å². The first-order valence-electron chi connectivity index (χ1n) is 10.6. The predicted molar refractivity (Wildman–Crippen MR) is 133 cm³/mol. The number of aryl methyl sites for hydroxylation is 1. The van der Waals surface area contributed by atoms with Crippen molar-refractivity contribution in [2.45, 2.75) is 37.6 Å². The number of hydrogen-bond donors (Lipinski definition) is 3. The fourth-order valence-electron chi connectivity index (χ4n) is 3.46. The molecule has 1 aromatic heterocycles. The van der Waals surface area contributed by atoms with Crippen molar-refractivity contribution in [3.8, 4) is 11.3 Å². The average molecular weight is 481 g/mol. The van der Waals surface area contributed by atoms with Crippen LogP contribution in [0.2, 0.25) is 0 Å². The largest absolute Gasteiger partial charge is 0.353 e. The Morgan fingerprint density at radius 1 is 1.18 bits per heavy atom. The van der Waals surface area contributed by atoms with Crippen molar-refractivity contribution >= 4 is 51.6 Å². The van der Waals surface area contributed by atoms with Gasteiger partial charge in [0.15, 0.2) is 5.13 Å². The van der Waals surface area contributed by atoms with Crippen molar-refractivity contribution in [2.24, 2.45) is 0 Å². The van der Waals surface area contributed by atoms with Gasteiger partial charge in [-0.2, -0.15) is 0 Å². The lowest BCUT2D eigenvalue weighted by molar-refractivity contribution is -0.119. The molecular formula is C24H24N4O3S2. The van der Waals surface area contributed by atoms with Crippen LogP contribution in [0.5, 0.6) is 0 Å². The number of rotatable bonds is 7. The third kappa shape index (κ3) is 5.80. The molecule has 3 N–H and O–H groups in total. The molecule has 9 heteroatoms. The van der Waals surface area contributed by atoms with Crippen molar-refractivity contribution in [1.29, 1.82) is 0 Å². The summed E-state index contributed by atoms with van der Waals surface area (Å²) in [6.45, 7) is 3.82. The second kappa shape index (κ2) is 10.2. The standard InChI is InChI=1S/C24H24N4O3S2/c1-14(2)25-22(30)13-32-20-6-4-3-5-17(20)23(31)28-24-27-19(12-33-24)16-7-9-18-15(11-16)8-10-21(29)26-18/h3-7,9,11-12,14H,8,10,13H2,1-2H3,(H,25,30)(H,26,29)(H,27,28,31). The quantitative estimate of drug-likeness (QED) is 0.430. The van der Waals surface area contributed by atoms with Gasteiger partial charge in [-0.15, -0.1) is 23.1 Å². The van der Waals surface area contributed by atoms with Gasteiger partial charge in [-0.1, -0.05) is 18.2 Å². The number of amides is 3. The van der Waals surface area contributed by atoms with Crippen LogP contribution in [0.4, 0.5) is 10.8 Å². The topological polar surface area (TPSA) is 100 Å². The van der Waals surface area contributed by atoms with Gasteiger partial charge in [-0.3, -0.25) is 19.7 Å². The molecule has 0 atom stereocenters. The maximum atomic E-state index is 12.9. The molecule has 0 saturated heterocycles. The van der Waals surface area contributed by atoms with Crippen molar-refractivity contribution in [3.05, 3.63) is 59.0 Å². The number of hydrogen-bond acceptors (Lipinski definition) is 6. The number of carbonyl (C=O) groups excluding carboxylic acids is 3. The molecule has 0 bridgehead atoms. The molecule has 1 aliphatic heterocycles. The first-order chi connectivity index (χ1) is 15.9. The minimum atomic E-state index is -0.267. The van der Waals surface area contributed by atoms with Crippen LogP contribution < -0.4 is 16.0 Å². The van der Waals surface area contributed by atoms with E-state index in [2.05, 4.69) is 20.9 Å². The fourth-order valence-corrected chi connectivity index (χ4v) is 5.03. The normalized spacial score (nSPS) is 12.8. The smallest absolute Gasteiger partial charge is 0.258 e. The Labute approximate surface area is 200 Å². The van der Waals surface area contributed by atoms with Gasteiger partial charge >= 0.3 is 0 Å². The zero-order chi connectivity index (χ0) is 23.4. The van der Waals surface area contributed by atoms with Crippen LogP contribution in [-0.4, -0.2) is 34.5 Å². The molecular weight excluding hydrogens is 456 g/mol. The minimum Gasteiger partial charge on any atom is -0.353 e. The van der Waals surface area contributed by atoms with Gasteiger partial charge in [0.2, 0.25) is 11.8 Å². The molecule has 0 spiro atoms. The number of thioether (sulfide) groups is 1. The molecule has 3 aromatic rings. The zero-order valence-electron chi connectivity index (χ0n) is 18.3. The molecule has 1 aliphatic rings. The van der Waals surface area contributed by atoms with Gasteiger partial charge in [-0.05, 0) is 50.1 Å². The second-order valence-electron chi connectivity index (χ2n) is 7.92. The Bertz CT molecular complexity index is 1210. The summed E-state index contributed by atoms with van der Waals surface area (Å²) in [4.78, 5) is 41.8. The maximum Gasteiger partial charge on any atom is 0.258 e. The molecule has 4 rings (SSSR count). The van der Waals surface area contributed by atoms with E-state index in [0.29, 0.717) is 23.5 Å². The first kappa shape index (κ1) is 23.0. The Morgan fingerprint density at radius 2 is 2.00 bits per heavy atom. The lowest BCUT2D eigenvalue weighted by atomic mass is 9.99. The summed E-state index contributed by atoms with van der Waals surface area (Å²) in [6.07, 6.45) is 1.18. The fraction of sp³-hybridized carbons (Fsp3) is 0.250. The average Bonchev–Trinajstić information content (AvgIpc) is 3.25. The minimum absolute atomic E-state index is 0.0351. The molecule has 2 heterocycles. The van der Waals surface area contributed by atoms with Crippen molar-refractivity contribution < 1.29 is 14.4 Å². The van der Waals surface area contributed by atoms with Crippen molar-refractivity contribution in [3.63, 3.8) is 0 Å². The zero-order valence-corrected chi connectivity index (χ0v) is 19.9. The van der Waals surface area contributed by atoms with Gasteiger partial charge in [0.1, 0.15) is 0 Å². The molecule has 0 unspecified atom stereocenters. The van der Waals surface area contributed by atoms with Crippen LogP contribution in [0.3, 0.4) is 0 Å². The highest BCUT2D eigenvalue weighted by Gasteiger charge is 2.17. The highest BCUT2D eigenvalue weighted by Crippen LogP contribution is 2.31. The van der Waals surface area contributed by atoms with Crippen LogP contribution in [0.25, 0.3) is 11.3 Å². The van der Waals surface area contributed by atoms with Crippen molar-refractivity contribution in [1.82, 2.24) is 10.3 Å². The van der Waals surface area contributed by atoms with E-state index in [9.17, 15) is 14.4 Å². The number of nitrogens with one attached hydrogen (secondary N) is 3. The summed E-state index contributed by atoms with van der Waals surface area (Å²) < 4.78 is 0. The molecule has 0 radical (unpaired) electrons. The Kier molecular flexibility index (Phi) is 7.10. The van der Waals surface area contributed by atoms with Crippen LogP contribution in [-0.2, 0) is 16.0 Å². The monoisotopic (exact) mass is 480 g/mol. The number of nitrogens with zero attached hydrogens (tertiary/aromatic N) is 1. The summed E-state index contributed by atoms with van der Waals surface area (Å²) in [5.74, 6) is -0.0634. The molecule has 170 valence electrons. The van der Waals surface area contributed by atoms with Gasteiger partial charge in [0.05, 0.1) is 17.0 Å². The Morgan fingerprint density at radius 3 is 2.82 bits per heavy atom. The van der Waals surface area contributed by atoms with Gasteiger partial charge in [0.25, 0.3) is 5.91 Å². The lowest BCUT2D eigenvalue weighted by Gasteiger charge is -2.17. The maximum absolute atomic E-state index is 12.9. The molecule has 2 aromatic carbocycles. The second-order valence-corrected chi connectivity index (χ2v) is 9.79. The number of anilines is 2. The third-order valence-electron chi connectivity index (χ3n) is 4.96. The predicted octanol–water partition coefficient (Wildman–Crippen LogP) is 4.56. The molecule has 0 saturated carbocycles. The highest BCUT2D eigenvalue weighted by atomic mass is 32.2. The van der Waals surface area contributed by atoms with E-state index in [1.54, 1.807) is 12.1 Å². The summed E-state index contributed by atoms with van der Waals surface area (Å²) in [5.41, 5.74) is 4.13. The summed E-state index contributed by atoms with van der Waals surface area (Å²) in [7, 11) is 0. The van der Waals surface area contributed by atoms with E-state index in [0.717, 1.165) is 27.4 Å². The number of carbonyl (C=O) groups is 3. The van der Waals surface area contributed by atoms with Gasteiger partial charge < -0.3 is 10.6 Å². The van der Waals surface area contributed by atoms with Crippen molar-refractivity contribution in [2.75, 3.05) is 16.4 Å². The van der Waals surface area contributed by atoms with Gasteiger partial charge in [-0.25, -0.2) is 4.98 Å². The van der Waals surface area contributed by atoms with Crippen LogP contribution in [0.1, 0.15) is 36.2 Å². The number of aromatic nitrogens is 1. The number of benzene rings is 2. The van der Waals surface area contributed by atoms with E-state index in [-0.39, 0.29) is 29.5 Å². The van der Waals surface area contributed by atoms with E-state index in [1.165, 1.54) is 23.1 Å². The number of fused-ring (bicyclic) bond motifs is 1. The Hall–Kier alpha value is -3.17. The first-order valence-corrected chi connectivity index (χ1v) is 12.5.